The van der Waals surface area contributed by atoms with Crippen molar-refractivity contribution in [2.24, 2.45) is 13.0 Å². The van der Waals surface area contributed by atoms with Gasteiger partial charge in [0.25, 0.3) is 0 Å². The zero-order valence-electron chi connectivity index (χ0n) is 13.1. The Morgan fingerprint density at radius 1 is 1.40 bits per heavy atom. The maximum Gasteiger partial charge on any atom is 0.0987 e. The van der Waals surface area contributed by atoms with Crippen LogP contribution in [0, 0.1) is 12.8 Å². The van der Waals surface area contributed by atoms with E-state index in [2.05, 4.69) is 38.2 Å². The highest BCUT2D eigenvalue weighted by Gasteiger charge is 2.20. The molecule has 2 rings (SSSR count). The zero-order valence-corrected chi connectivity index (χ0v) is 13.9. The Bertz CT molecular complexity index is 425. The lowest BCUT2D eigenvalue weighted by Gasteiger charge is -2.22. The topological polar surface area (TPSA) is 39.1 Å². The fraction of sp³-hybridized carbons (Fsp3) is 0.800. The fourth-order valence-corrected chi connectivity index (χ4v) is 3.77. The van der Waals surface area contributed by atoms with Gasteiger partial charge in [0.2, 0.25) is 0 Å². The second-order valence-corrected chi connectivity index (χ2v) is 7.24. The van der Waals surface area contributed by atoms with Gasteiger partial charge in [-0.2, -0.15) is 5.10 Å². The molecule has 5 heteroatoms. The highest BCUT2D eigenvalue weighted by atomic mass is 32.2. The lowest BCUT2D eigenvalue weighted by atomic mass is 10.2. The number of nitrogens with zero attached hydrogens (tertiary/aromatic N) is 2. The third kappa shape index (κ3) is 4.24. The minimum atomic E-state index is 0.669. The molecule has 1 aromatic heterocycles. The molecule has 0 atom stereocenters. The molecule has 1 aromatic rings. The van der Waals surface area contributed by atoms with Crippen molar-refractivity contribution >= 4 is 11.8 Å². The van der Waals surface area contributed by atoms with Crippen LogP contribution >= 0.6 is 11.8 Å². The van der Waals surface area contributed by atoms with E-state index in [0.29, 0.717) is 11.2 Å². The summed E-state index contributed by atoms with van der Waals surface area (Å²) in [6.45, 7) is 10.4. The van der Waals surface area contributed by atoms with Crippen molar-refractivity contribution < 1.29 is 4.74 Å². The van der Waals surface area contributed by atoms with Crippen molar-refractivity contribution in [1.82, 2.24) is 15.1 Å². The van der Waals surface area contributed by atoms with E-state index in [1.54, 1.807) is 0 Å². The number of hydrogen-bond donors (Lipinski definition) is 1. The summed E-state index contributed by atoms with van der Waals surface area (Å²) >= 11 is 1.98. The Kier molecular flexibility index (Phi) is 5.93. The smallest absolute Gasteiger partial charge is 0.0987 e. The predicted molar refractivity (Wildman–Crippen MR) is 84.2 cm³/mol. The first-order valence-electron chi connectivity index (χ1n) is 7.55. The van der Waals surface area contributed by atoms with Crippen molar-refractivity contribution in [3.05, 3.63) is 11.3 Å². The molecule has 1 N–H and O–H groups in total. The van der Waals surface area contributed by atoms with Crippen LogP contribution in [-0.4, -0.2) is 34.8 Å². The molecule has 4 nitrogen and oxygen atoms in total. The van der Waals surface area contributed by atoms with Gasteiger partial charge in [0.05, 0.1) is 10.7 Å². The van der Waals surface area contributed by atoms with Gasteiger partial charge in [-0.15, -0.1) is 11.8 Å². The second kappa shape index (κ2) is 7.48. The number of aromatic nitrogens is 2. The Morgan fingerprint density at radius 3 is 2.75 bits per heavy atom. The van der Waals surface area contributed by atoms with Gasteiger partial charge in [-0.05, 0) is 32.2 Å². The summed E-state index contributed by atoms with van der Waals surface area (Å²) in [5, 5.41) is 10.1. The average molecular weight is 297 g/mol. The summed E-state index contributed by atoms with van der Waals surface area (Å²) in [6, 6.07) is 0. The Morgan fingerprint density at radius 2 is 2.10 bits per heavy atom. The van der Waals surface area contributed by atoms with E-state index >= 15 is 0 Å². The SMILES string of the molecule is Cc1nn(C)c(SC2CCOCC2)c1CNCC(C)C. The van der Waals surface area contributed by atoms with E-state index in [-0.39, 0.29) is 0 Å². The molecule has 0 radical (unpaired) electrons. The normalized spacial score (nSPS) is 17.1. The van der Waals surface area contributed by atoms with Gasteiger partial charge < -0.3 is 10.1 Å². The highest BCUT2D eigenvalue weighted by molar-refractivity contribution is 7.99. The second-order valence-electron chi connectivity index (χ2n) is 5.95. The van der Waals surface area contributed by atoms with Gasteiger partial charge in [-0.1, -0.05) is 13.8 Å². The standard InChI is InChI=1S/C15H27N3OS/c1-11(2)9-16-10-14-12(3)17-18(4)15(14)20-13-5-7-19-8-6-13/h11,13,16H,5-10H2,1-4H3. The Labute approximate surface area is 126 Å². The third-order valence-corrected chi connectivity index (χ3v) is 5.13. The summed E-state index contributed by atoms with van der Waals surface area (Å²) in [4.78, 5) is 0. The summed E-state index contributed by atoms with van der Waals surface area (Å²) in [5.74, 6) is 0.679. The molecular formula is C15H27N3OS. The van der Waals surface area contributed by atoms with E-state index < -0.39 is 0 Å². The predicted octanol–water partition coefficient (Wildman–Crippen LogP) is 2.75. The first-order valence-corrected chi connectivity index (χ1v) is 8.43. The highest BCUT2D eigenvalue weighted by Crippen LogP contribution is 2.33. The molecule has 1 fully saturated rings. The van der Waals surface area contributed by atoms with Crippen molar-refractivity contribution in [3.8, 4) is 0 Å². The molecule has 0 aromatic carbocycles. The van der Waals surface area contributed by atoms with E-state index in [0.717, 1.165) is 44.8 Å². The first kappa shape index (κ1) is 15.9. The largest absolute Gasteiger partial charge is 0.381 e. The number of ether oxygens (including phenoxy) is 1. The Hall–Kier alpha value is -0.520. The summed E-state index contributed by atoms with van der Waals surface area (Å²) in [6.07, 6.45) is 2.29. The fourth-order valence-electron chi connectivity index (χ4n) is 2.47. The first-order chi connectivity index (χ1) is 9.58. The minimum absolute atomic E-state index is 0.669. The number of aryl methyl sites for hydroxylation is 2. The maximum atomic E-state index is 5.45. The van der Waals surface area contributed by atoms with Crippen LogP contribution in [0.25, 0.3) is 0 Å². The number of rotatable bonds is 6. The molecule has 0 saturated carbocycles. The number of nitrogens with one attached hydrogen (secondary N) is 1. The molecule has 20 heavy (non-hydrogen) atoms. The van der Waals surface area contributed by atoms with Crippen LogP contribution in [0.1, 0.15) is 37.9 Å². The molecule has 0 amide bonds. The molecule has 114 valence electrons. The number of thioether (sulfide) groups is 1. The van der Waals surface area contributed by atoms with Gasteiger partial charge in [0.15, 0.2) is 0 Å². The third-order valence-electron chi connectivity index (χ3n) is 3.59. The Balaban J connectivity index is 2.02. The quantitative estimate of drug-likeness (QED) is 0.876. The molecule has 1 aliphatic rings. The van der Waals surface area contributed by atoms with Crippen LogP contribution in [0.2, 0.25) is 0 Å². The molecule has 0 bridgehead atoms. The molecule has 2 heterocycles. The van der Waals surface area contributed by atoms with E-state index in [9.17, 15) is 0 Å². The zero-order chi connectivity index (χ0) is 14.5. The molecule has 0 spiro atoms. The van der Waals surface area contributed by atoms with Crippen molar-refractivity contribution in [2.45, 2.75) is 50.4 Å². The van der Waals surface area contributed by atoms with Gasteiger partial charge in [0, 0.05) is 37.6 Å². The van der Waals surface area contributed by atoms with Crippen LogP contribution in [0.4, 0.5) is 0 Å². The van der Waals surface area contributed by atoms with Crippen LogP contribution in [0.5, 0.6) is 0 Å². The van der Waals surface area contributed by atoms with E-state index in [4.69, 9.17) is 4.74 Å². The van der Waals surface area contributed by atoms with Gasteiger partial charge in [0.1, 0.15) is 0 Å². The molecule has 0 unspecified atom stereocenters. The molecule has 1 aliphatic heterocycles. The van der Waals surface area contributed by atoms with Crippen LogP contribution in [0.15, 0.2) is 5.03 Å². The lowest BCUT2D eigenvalue weighted by Crippen LogP contribution is -2.21. The van der Waals surface area contributed by atoms with E-state index in [1.807, 2.05) is 16.4 Å². The van der Waals surface area contributed by atoms with Gasteiger partial charge in [-0.3, -0.25) is 4.68 Å². The molecule has 1 saturated heterocycles. The van der Waals surface area contributed by atoms with Crippen molar-refractivity contribution in [3.63, 3.8) is 0 Å². The van der Waals surface area contributed by atoms with Crippen LogP contribution in [-0.2, 0) is 18.3 Å². The summed E-state index contributed by atoms with van der Waals surface area (Å²) < 4.78 is 7.49. The molecule has 0 aliphatic carbocycles. The summed E-state index contributed by atoms with van der Waals surface area (Å²) in [7, 11) is 2.06. The van der Waals surface area contributed by atoms with Gasteiger partial charge in [-0.25, -0.2) is 0 Å². The summed E-state index contributed by atoms with van der Waals surface area (Å²) in [5.41, 5.74) is 2.52. The lowest BCUT2D eigenvalue weighted by molar-refractivity contribution is 0.1000. The monoisotopic (exact) mass is 297 g/mol. The average Bonchev–Trinajstić information content (AvgIpc) is 2.66. The van der Waals surface area contributed by atoms with Crippen LogP contribution < -0.4 is 5.32 Å². The van der Waals surface area contributed by atoms with Crippen molar-refractivity contribution in [2.75, 3.05) is 19.8 Å². The van der Waals surface area contributed by atoms with Gasteiger partial charge >= 0.3 is 0 Å². The number of hydrogen-bond acceptors (Lipinski definition) is 4. The minimum Gasteiger partial charge on any atom is -0.381 e. The van der Waals surface area contributed by atoms with Crippen LogP contribution in [0.3, 0.4) is 0 Å². The maximum absolute atomic E-state index is 5.45. The molecular weight excluding hydrogens is 270 g/mol. The van der Waals surface area contributed by atoms with E-state index in [1.165, 1.54) is 10.6 Å². The van der Waals surface area contributed by atoms with Crippen molar-refractivity contribution in [1.29, 1.82) is 0 Å².